The molecule has 0 saturated carbocycles. The molecule has 0 bridgehead atoms. The van der Waals surface area contributed by atoms with Gasteiger partial charge in [0, 0.05) is 11.1 Å². The number of hydrogen-bond acceptors (Lipinski definition) is 5. The summed E-state index contributed by atoms with van der Waals surface area (Å²) in [5, 5.41) is 3.52. The van der Waals surface area contributed by atoms with E-state index in [2.05, 4.69) is 5.32 Å². The van der Waals surface area contributed by atoms with Gasteiger partial charge in [-0.25, -0.2) is 4.79 Å². The number of amides is 1. The second kappa shape index (κ2) is 7.82. The molecule has 1 heterocycles. The van der Waals surface area contributed by atoms with Crippen molar-refractivity contribution >= 4 is 51.7 Å². The van der Waals surface area contributed by atoms with Crippen molar-refractivity contribution in [2.45, 2.75) is 6.92 Å². The van der Waals surface area contributed by atoms with E-state index in [9.17, 15) is 14.4 Å². The van der Waals surface area contributed by atoms with Crippen molar-refractivity contribution in [1.29, 1.82) is 0 Å². The fourth-order valence-corrected chi connectivity index (χ4v) is 2.69. The van der Waals surface area contributed by atoms with Gasteiger partial charge in [0.15, 0.2) is 12.0 Å². The molecule has 0 aliphatic carbocycles. The highest BCUT2D eigenvalue weighted by molar-refractivity contribution is 6.35. The van der Waals surface area contributed by atoms with Crippen molar-refractivity contribution in [2.24, 2.45) is 0 Å². The van der Waals surface area contributed by atoms with Crippen molar-refractivity contribution in [3.8, 4) is 0 Å². The molecule has 0 aliphatic rings. The third-order valence-electron chi connectivity index (χ3n) is 3.62. The number of aryl methyl sites for hydroxylation is 1. The first-order valence-electron chi connectivity index (χ1n) is 7.80. The molecule has 3 rings (SSSR count). The molecule has 0 saturated heterocycles. The summed E-state index contributed by atoms with van der Waals surface area (Å²) in [5.74, 6) is -1.84. The number of esters is 1. The Balaban J connectivity index is 1.69. The molecule has 1 N–H and O–H groups in total. The van der Waals surface area contributed by atoms with Gasteiger partial charge in [0.05, 0.1) is 16.1 Å². The number of anilines is 1. The Kier molecular flexibility index (Phi) is 5.48. The van der Waals surface area contributed by atoms with E-state index in [0.717, 1.165) is 11.6 Å². The molecule has 3 aromatic rings. The Hall–Kier alpha value is -2.83. The van der Waals surface area contributed by atoms with E-state index in [-0.39, 0.29) is 27.5 Å². The predicted molar refractivity (Wildman–Crippen MR) is 103 cm³/mol. The number of ether oxygens (including phenoxy) is 1. The van der Waals surface area contributed by atoms with E-state index in [0.29, 0.717) is 10.4 Å². The number of fused-ring (bicyclic) bond motifs is 1. The van der Waals surface area contributed by atoms with Crippen molar-refractivity contribution in [2.75, 3.05) is 11.9 Å². The van der Waals surface area contributed by atoms with E-state index in [1.807, 2.05) is 6.92 Å². The first-order valence-corrected chi connectivity index (χ1v) is 8.55. The number of rotatable bonds is 4. The first kappa shape index (κ1) is 18.9. The van der Waals surface area contributed by atoms with Crippen LogP contribution in [0.4, 0.5) is 5.69 Å². The van der Waals surface area contributed by atoms with Crippen LogP contribution in [-0.2, 0) is 9.53 Å². The summed E-state index contributed by atoms with van der Waals surface area (Å²) >= 11 is 11.8. The SMILES string of the molecule is Cc1ccc2oc(C(=O)OCC(=O)Nc3cc(Cl)ccc3Cl)cc(=O)c2c1. The lowest BCUT2D eigenvalue weighted by Crippen LogP contribution is -2.21. The molecule has 0 radical (unpaired) electrons. The van der Waals surface area contributed by atoms with Crippen molar-refractivity contribution in [3.05, 3.63) is 74.1 Å². The van der Waals surface area contributed by atoms with Gasteiger partial charge in [0.25, 0.3) is 5.91 Å². The second-order valence-corrected chi connectivity index (χ2v) is 6.57. The molecular formula is C19H13Cl2NO5. The van der Waals surface area contributed by atoms with Gasteiger partial charge in [0.2, 0.25) is 5.76 Å². The Morgan fingerprint density at radius 1 is 1.11 bits per heavy atom. The Morgan fingerprint density at radius 2 is 1.89 bits per heavy atom. The Bertz CT molecular complexity index is 1110. The zero-order chi connectivity index (χ0) is 19.6. The highest BCUT2D eigenvalue weighted by atomic mass is 35.5. The van der Waals surface area contributed by atoms with Gasteiger partial charge >= 0.3 is 5.97 Å². The summed E-state index contributed by atoms with van der Waals surface area (Å²) in [7, 11) is 0. The zero-order valence-electron chi connectivity index (χ0n) is 14.0. The van der Waals surface area contributed by atoms with E-state index in [1.54, 1.807) is 24.3 Å². The number of halogens is 2. The highest BCUT2D eigenvalue weighted by Crippen LogP contribution is 2.25. The number of nitrogens with one attached hydrogen (secondary N) is 1. The molecule has 0 spiro atoms. The molecular weight excluding hydrogens is 393 g/mol. The summed E-state index contributed by atoms with van der Waals surface area (Å²) < 4.78 is 10.3. The van der Waals surface area contributed by atoms with E-state index < -0.39 is 18.5 Å². The maximum atomic E-state index is 12.1. The van der Waals surface area contributed by atoms with Gasteiger partial charge in [-0.1, -0.05) is 34.8 Å². The van der Waals surface area contributed by atoms with Gasteiger partial charge in [-0.05, 0) is 37.3 Å². The summed E-state index contributed by atoms with van der Waals surface area (Å²) in [4.78, 5) is 36.2. The van der Waals surface area contributed by atoms with Crippen LogP contribution < -0.4 is 10.7 Å². The van der Waals surface area contributed by atoms with Crippen molar-refractivity contribution in [1.82, 2.24) is 0 Å². The van der Waals surface area contributed by atoms with Crippen LogP contribution in [0, 0.1) is 6.92 Å². The van der Waals surface area contributed by atoms with E-state index >= 15 is 0 Å². The molecule has 0 aliphatic heterocycles. The molecule has 0 unspecified atom stereocenters. The van der Waals surface area contributed by atoms with Crippen LogP contribution in [0.2, 0.25) is 10.0 Å². The lowest BCUT2D eigenvalue weighted by atomic mass is 10.1. The monoisotopic (exact) mass is 405 g/mol. The van der Waals surface area contributed by atoms with E-state index in [1.165, 1.54) is 12.1 Å². The van der Waals surface area contributed by atoms with Crippen molar-refractivity contribution < 1.29 is 18.7 Å². The maximum absolute atomic E-state index is 12.1. The number of benzene rings is 2. The molecule has 0 atom stereocenters. The van der Waals surface area contributed by atoms with Crippen LogP contribution in [0.3, 0.4) is 0 Å². The summed E-state index contributed by atoms with van der Waals surface area (Å²) in [6, 6.07) is 10.6. The normalized spacial score (nSPS) is 10.6. The Labute approximate surface area is 163 Å². The molecule has 2 aromatic carbocycles. The van der Waals surface area contributed by atoms with Crippen LogP contribution in [0.25, 0.3) is 11.0 Å². The number of carbonyl (C=O) groups excluding carboxylic acids is 2. The van der Waals surface area contributed by atoms with Gasteiger partial charge in [0.1, 0.15) is 5.58 Å². The van der Waals surface area contributed by atoms with Crippen LogP contribution in [0.5, 0.6) is 0 Å². The van der Waals surface area contributed by atoms with Crippen LogP contribution >= 0.6 is 23.2 Å². The van der Waals surface area contributed by atoms with Crippen LogP contribution in [0.1, 0.15) is 16.1 Å². The largest absolute Gasteiger partial charge is 0.450 e. The average Bonchev–Trinajstić information content (AvgIpc) is 2.63. The smallest absolute Gasteiger partial charge is 0.374 e. The fourth-order valence-electron chi connectivity index (χ4n) is 2.35. The minimum Gasteiger partial charge on any atom is -0.450 e. The number of hydrogen-bond donors (Lipinski definition) is 1. The fraction of sp³-hybridized carbons (Fsp3) is 0.105. The topological polar surface area (TPSA) is 85.6 Å². The molecule has 138 valence electrons. The third-order valence-corrected chi connectivity index (χ3v) is 4.19. The summed E-state index contributed by atoms with van der Waals surface area (Å²) in [5.41, 5.74) is 1.07. The molecule has 8 heteroatoms. The summed E-state index contributed by atoms with van der Waals surface area (Å²) in [6.45, 7) is 1.25. The molecule has 1 aromatic heterocycles. The average molecular weight is 406 g/mol. The lowest BCUT2D eigenvalue weighted by Gasteiger charge is -2.08. The quantitative estimate of drug-likeness (QED) is 0.657. The minimum atomic E-state index is -0.929. The van der Waals surface area contributed by atoms with E-state index in [4.69, 9.17) is 32.4 Å². The molecule has 27 heavy (non-hydrogen) atoms. The zero-order valence-corrected chi connectivity index (χ0v) is 15.6. The highest BCUT2D eigenvalue weighted by Gasteiger charge is 2.16. The Morgan fingerprint density at radius 3 is 2.67 bits per heavy atom. The standard InChI is InChI=1S/C19H13Cl2NO5/c1-10-2-5-16-12(6-10)15(23)8-17(27-16)19(25)26-9-18(24)22-14-7-11(20)3-4-13(14)21/h2-8H,9H2,1H3,(H,22,24). The van der Waals surface area contributed by atoms with Gasteiger partial charge in [-0.15, -0.1) is 0 Å². The van der Waals surface area contributed by atoms with Gasteiger partial charge in [-0.2, -0.15) is 0 Å². The second-order valence-electron chi connectivity index (χ2n) is 5.72. The minimum absolute atomic E-state index is 0.259. The predicted octanol–water partition coefficient (Wildman–Crippen LogP) is 4.20. The maximum Gasteiger partial charge on any atom is 0.374 e. The molecule has 6 nitrogen and oxygen atoms in total. The van der Waals surface area contributed by atoms with Crippen LogP contribution in [-0.4, -0.2) is 18.5 Å². The third kappa shape index (κ3) is 4.48. The van der Waals surface area contributed by atoms with Gasteiger partial charge < -0.3 is 14.5 Å². The van der Waals surface area contributed by atoms with Crippen molar-refractivity contribution in [3.63, 3.8) is 0 Å². The molecule has 1 amide bonds. The van der Waals surface area contributed by atoms with Gasteiger partial charge in [-0.3, -0.25) is 9.59 Å². The molecule has 0 fully saturated rings. The first-order chi connectivity index (χ1) is 12.8. The summed E-state index contributed by atoms with van der Waals surface area (Å²) in [6.07, 6.45) is 0. The lowest BCUT2D eigenvalue weighted by molar-refractivity contribution is -0.119. The number of carbonyl (C=O) groups is 2. The van der Waals surface area contributed by atoms with Crippen LogP contribution in [0.15, 0.2) is 51.7 Å².